The average Bonchev–Trinajstić information content (AvgIpc) is 2.98. The predicted octanol–water partition coefficient (Wildman–Crippen LogP) is 1.88. The standard InChI is InChI=1S/C18H19N3O4/c1-4-21-17(23)14-8-6-12(9-15(14)19-18(21)24)16(22)20(3)10-13-7-5-11(2)25-13/h5-9H,4,10H2,1-3H3,(H,19,24). The molecular weight excluding hydrogens is 322 g/mol. The van der Waals surface area contributed by atoms with E-state index in [1.54, 1.807) is 26.1 Å². The number of carbonyl (C=O) groups is 1. The number of nitrogens with one attached hydrogen (secondary N) is 1. The molecule has 7 heteroatoms. The number of carbonyl (C=O) groups excluding carboxylic acids is 1. The number of aromatic nitrogens is 2. The molecule has 0 fully saturated rings. The third kappa shape index (κ3) is 3.13. The van der Waals surface area contributed by atoms with E-state index in [9.17, 15) is 14.4 Å². The normalized spacial score (nSPS) is 11.0. The number of hydrogen-bond acceptors (Lipinski definition) is 4. The monoisotopic (exact) mass is 341 g/mol. The lowest BCUT2D eigenvalue weighted by atomic mass is 10.1. The van der Waals surface area contributed by atoms with Crippen LogP contribution in [0.25, 0.3) is 10.9 Å². The molecule has 1 amide bonds. The van der Waals surface area contributed by atoms with E-state index in [4.69, 9.17) is 4.42 Å². The average molecular weight is 341 g/mol. The van der Waals surface area contributed by atoms with Crippen LogP contribution in [-0.2, 0) is 13.1 Å². The fourth-order valence-electron chi connectivity index (χ4n) is 2.77. The minimum atomic E-state index is -0.482. The summed E-state index contributed by atoms with van der Waals surface area (Å²) in [6, 6.07) is 8.36. The first kappa shape index (κ1) is 16.8. The van der Waals surface area contributed by atoms with Gasteiger partial charge in [-0.05, 0) is 44.2 Å². The molecule has 1 aromatic carbocycles. The number of rotatable bonds is 4. The number of aromatic amines is 1. The van der Waals surface area contributed by atoms with E-state index in [0.29, 0.717) is 28.8 Å². The zero-order valence-electron chi connectivity index (χ0n) is 14.3. The van der Waals surface area contributed by atoms with Crippen molar-refractivity contribution in [2.75, 3.05) is 7.05 Å². The van der Waals surface area contributed by atoms with Crippen LogP contribution in [-0.4, -0.2) is 27.4 Å². The topological polar surface area (TPSA) is 88.3 Å². The van der Waals surface area contributed by atoms with Crippen molar-refractivity contribution in [3.8, 4) is 0 Å². The lowest BCUT2D eigenvalue weighted by molar-refractivity contribution is 0.0775. The van der Waals surface area contributed by atoms with Gasteiger partial charge in [0.2, 0.25) is 0 Å². The molecule has 1 N–H and O–H groups in total. The first-order chi connectivity index (χ1) is 11.9. The van der Waals surface area contributed by atoms with E-state index >= 15 is 0 Å². The molecule has 0 aliphatic rings. The number of H-pyrrole nitrogens is 1. The van der Waals surface area contributed by atoms with Crippen molar-refractivity contribution in [2.24, 2.45) is 0 Å². The fraction of sp³-hybridized carbons (Fsp3) is 0.278. The number of fused-ring (bicyclic) bond motifs is 1. The number of hydrogen-bond donors (Lipinski definition) is 1. The molecule has 0 aliphatic carbocycles. The van der Waals surface area contributed by atoms with Crippen LogP contribution >= 0.6 is 0 Å². The van der Waals surface area contributed by atoms with E-state index in [0.717, 1.165) is 10.3 Å². The van der Waals surface area contributed by atoms with E-state index in [-0.39, 0.29) is 18.0 Å². The van der Waals surface area contributed by atoms with Crippen LogP contribution in [0, 0.1) is 6.92 Å². The number of amides is 1. The van der Waals surface area contributed by atoms with Crippen molar-refractivity contribution in [3.05, 3.63) is 68.3 Å². The Balaban J connectivity index is 1.94. The molecule has 0 atom stereocenters. The molecule has 0 radical (unpaired) electrons. The molecule has 0 spiro atoms. The van der Waals surface area contributed by atoms with E-state index < -0.39 is 5.69 Å². The quantitative estimate of drug-likeness (QED) is 0.785. The van der Waals surface area contributed by atoms with Gasteiger partial charge in [-0.3, -0.25) is 14.2 Å². The maximum Gasteiger partial charge on any atom is 0.328 e. The number of furan rings is 1. The number of benzene rings is 1. The molecule has 130 valence electrons. The summed E-state index contributed by atoms with van der Waals surface area (Å²) >= 11 is 0. The Bertz CT molecular complexity index is 1060. The van der Waals surface area contributed by atoms with Gasteiger partial charge in [0.15, 0.2) is 0 Å². The zero-order valence-corrected chi connectivity index (χ0v) is 14.3. The van der Waals surface area contributed by atoms with E-state index in [1.165, 1.54) is 11.0 Å². The van der Waals surface area contributed by atoms with Crippen molar-refractivity contribution in [3.63, 3.8) is 0 Å². The molecule has 0 saturated carbocycles. The summed E-state index contributed by atoms with van der Waals surface area (Å²) in [5.41, 5.74) is -0.0981. The zero-order chi connectivity index (χ0) is 18.1. The summed E-state index contributed by atoms with van der Waals surface area (Å²) in [7, 11) is 1.67. The van der Waals surface area contributed by atoms with Gasteiger partial charge >= 0.3 is 5.69 Å². The van der Waals surface area contributed by atoms with Crippen LogP contribution in [0.15, 0.2) is 44.3 Å². The van der Waals surface area contributed by atoms with Gasteiger partial charge in [-0.2, -0.15) is 0 Å². The highest BCUT2D eigenvalue weighted by Crippen LogP contribution is 2.14. The maximum atomic E-state index is 12.6. The lowest BCUT2D eigenvalue weighted by Gasteiger charge is -2.16. The van der Waals surface area contributed by atoms with Gasteiger partial charge < -0.3 is 14.3 Å². The van der Waals surface area contributed by atoms with Gasteiger partial charge in [0, 0.05) is 19.2 Å². The molecular formula is C18H19N3O4. The highest BCUT2D eigenvalue weighted by Gasteiger charge is 2.15. The van der Waals surface area contributed by atoms with Crippen molar-refractivity contribution < 1.29 is 9.21 Å². The van der Waals surface area contributed by atoms with Crippen molar-refractivity contribution in [1.82, 2.24) is 14.5 Å². The van der Waals surface area contributed by atoms with Gasteiger partial charge in [0.05, 0.1) is 17.4 Å². The Hall–Kier alpha value is -3.09. The van der Waals surface area contributed by atoms with Crippen LogP contribution in [0.2, 0.25) is 0 Å². The highest BCUT2D eigenvalue weighted by molar-refractivity contribution is 5.97. The van der Waals surface area contributed by atoms with Crippen LogP contribution in [0.4, 0.5) is 0 Å². The van der Waals surface area contributed by atoms with Crippen molar-refractivity contribution in [2.45, 2.75) is 26.9 Å². The fourth-order valence-corrected chi connectivity index (χ4v) is 2.77. The third-order valence-electron chi connectivity index (χ3n) is 4.08. The van der Waals surface area contributed by atoms with Gasteiger partial charge in [0.1, 0.15) is 11.5 Å². The van der Waals surface area contributed by atoms with Crippen LogP contribution in [0.3, 0.4) is 0 Å². The molecule has 2 aromatic heterocycles. The first-order valence-electron chi connectivity index (χ1n) is 7.98. The van der Waals surface area contributed by atoms with Crippen LogP contribution in [0.1, 0.15) is 28.8 Å². The smallest absolute Gasteiger partial charge is 0.328 e. The Morgan fingerprint density at radius 3 is 2.64 bits per heavy atom. The molecule has 25 heavy (non-hydrogen) atoms. The molecule has 0 unspecified atom stereocenters. The van der Waals surface area contributed by atoms with Crippen LogP contribution < -0.4 is 11.2 Å². The SMILES string of the molecule is CCn1c(=O)[nH]c2cc(C(=O)N(C)Cc3ccc(C)o3)ccc2c1=O. The molecule has 0 saturated heterocycles. The molecule has 3 rings (SSSR count). The summed E-state index contributed by atoms with van der Waals surface area (Å²) in [6.07, 6.45) is 0. The molecule has 7 nitrogen and oxygen atoms in total. The second kappa shape index (κ2) is 6.43. The largest absolute Gasteiger partial charge is 0.464 e. The molecule has 0 aliphatic heterocycles. The van der Waals surface area contributed by atoms with Gasteiger partial charge in [-0.15, -0.1) is 0 Å². The van der Waals surface area contributed by atoms with E-state index in [1.807, 2.05) is 19.1 Å². The highest BCUT2D eigenvalue weighted by atomic mass is 16.3. The number of nitrogens with zero attached hydrogens (tertiary/aromatic N) is 2. The first-order valence-corrected chi connectivity index (χ1v) is 7.98. The van der Waals surface area contributed by atoms with Crippen molar-refractivity contribution in [1.29, 1.82) is 0 Å². The summed E-state index contributed by atoms with van der Waals surface area (Å²) in [5, 5.41) is 0.377. The Kier molecular flexibility index (Phi) is 4.31. The van der Waals surface area contributed by atoms with Gasteiger partial charge in [0.25, 0.3) is 11.5 Å². The molecule has 2 heterocycles. The predicted molar refractivity (Wildman–Crippen MR) is 93.7 cm³/mol. The van der Waals surface area contributed by atoms with Crippen molar-refractivity contribution >= 4 is 16.8 Å². The van der Waals surface area contributed by atoms with Gasteiger partial charge in [-0.1, -0.05) is 0 Å². The minimum absolute atomic E-state index is 0.225. The van der Waals surface area contributed by atoms with Crippen LogP contribution in [0.5, 0.6) is 0 Å². The Labute approximate surface area is 143 Å². The molecule has 0 bridgehead atoms. The second-order valence-corrected chi connectivity index (χ2v) is 5.91. The minimum Gasteiger partial charge on any atom is -0.464 e. The number of aryl methyl sites for hydroxylation is 1. The second-order valence-electron chi connectivity index (χ2n) is 5.91. The summed E-state index contributed by atoms with van der Waals surface area (Å²) < 4.78 is 6.60. The lowest BCUT2D eigenvalue weighted by Crippen LogP contribution is -2.34. The summed E-state index contributed by atoms with van der Waals surface area (Å²) in [4.78, 5) is 41.0. The summed E-state index contributed by atoms with van der Waals surface area (Å²) in [6.45, 7) is 4.19. The third-order valence-corrected chi connectivity index (χ3v) is 4.08. The maximum absolute atomic E-state index is 12.6. The molecule has 3 aromatic rings. The summed E-state index contributed by atoms with van der Waals surface area (Å²) in [5.74, 6) is 1.25. The Morgan fingerprint density at radius 2 is 2.00 bits per heavy atom. The van der Waals surface area contributed by atoms with E-state index in [2.05, 4.69) is 4.98 Å². The van der Waals surface area contributed by atoms with Gasteiger partial charge in [-0.25, -0.2) is 4.79 Å². The Morgan fingerprint density at radius 1 is 1.24 bits per heavy atom.